The molecule has 2 aromatic carbocycles. The highest BCUT2D eigenvalue weighted by atomic mass is 35.5. The zero-order chi connectivity index (χ0) is 25.4. The van der Waals surface area contributed by atoms with Gasteiger partial charge in [0.2, 0.25) is 5.91 Å². The van der Waals surface area contributed by atoms with Gasteiger partial charge >= 0.3 is 6.03 Å². The monoisotopic (exact) mass is 522 g/mol. The quantitative estimate of drug-likeness (QED) is 0.314. The predicted octanol–water partition coefficient (Wildman–Crippen LogP) is 6.76. The highest BCUT2D eigenvalue weighted by molar-refractivity contribution is 6.36. The summed E-state index contributed by atoms with van der Waals surface area (Å²) in [6.45, 7) is 3.56. The van der Waals surface area contributed by atoms with Gasteiger partial charge in [-0.1, -0.05) is 35.3 Å². The summed E-state index contributed by atoms with van der Waals surface area (Å²) in [6, 6.07) is 18.9. The van der Waals surface area contributed by atoms with E-state index >= 15 is 0 Å². The van der Waals surface area contributed by atoms with E-state index in [0.717, 1.165) is 17.1 Å². The number of para-hydroxylation sites is 2. The van der Waals surface area contributed by atoms with E-state index in [1.807, 2.05) is 62.5 Å². The second kappa shape index (κ2) is 9.76. The molecular weight excluding hydrogens is 499 g/mol. The van der Waals surface area contributed by atoms with Crippen molar-refractivity contribution >= 4 is 46.5 Å². The van der Waals surface area contributed by atoms with E-state index in [1.165, 1.54) is 4.90 Å². The third-order valence-electron chi connectivity index (χ3n) is 6.16. The Hall–Kier alpha value is -3.68. The fourth-order valence-corrected chi connectivity index (χ4v) is 4.92. The Morgan fingerprint density at radius 2 is 1.81 bits per heavy atom. The summed E-state index contributed by atoms with van der Waals surface area (Å²) in [5.74, 6) is 0.383. The molecule has 1 N–H and O–H groups in total. The molecule has 1 unspecified atom stereocenters. The molecule has 0 bridgehead atoms. The highest BCUT2D eigenvalue weighted by Gasteiger charge is 2.38. The number of rotatable bonds is 5. The van der Waals surface area contributed by atoms with Crippen LogP contribution >= 0.6 is 23.2 Å². The summed E-state index contributed by atoms with van der Waals surface area (Å²) in [6.07, 6.45) is 3.56. The minimum atomic E-state index is -0.486. The lowest BCUT2D eigenvalue weighted by Gasteiger charge is -2.38. The fourth-order valence-electron chi connectivity index (χ4n) is 4.47. The first kappa shape index (κ1) is 24.0. The number of halogens is 2. The van der Waals surface area contributed by atoms with Crippen molar-refractivity contribution in [1.82, 2.24) is 9.47 Å². The lowest BCUT2D eigenvalue weighted by atomic mass is 10.0. The van der Waals surface area contributed by atoms with Crippen molar-refractivity contribution in [3.8, 4) is 5.69 Å². The number of benzene rings is 2. The summed E-state index contributed by atoms with van der Waals surface area (Å²) < 4.78 is 7.83. The molecule has 3 amide bonds. The standard InChI is InChI=1S/C27H24Cl2N4O3/c1-17(2)32(27(35)30-20-12-11-18(28)15-19(20)29)16-25(34)33-22-8-4-3-7-21(22)31-13-5-9-23(31)26(33)24-10-6-14-36-24/h3-15,17,26H,16H2,1-2H3,(H,30,35). The van der Waals surface area contributed by atoms with Crippen molar-refractivity contribution in [3.63, 3.8) is 0 Å². The normalized spacial score (nSPS) is 14.4. The van der Waals surface area contributed by atoms with Gasteiger partial charge in [0.25, 0.3) is 0 Å². The van der Waals surface area contributed by atoms with Crippen LogP contribution in [0, 0.1) is 0 Å². The van der Waals surface area contributed by atoms with Gasteiger partial charge in [0.15, 0.2) is 0 Å². The lowest BCUT2D eigenvalue weighted by molar-refractivity contribution is -0.120. The number of nitrogens with one attached hydrogen (secondary N) is 1. The van der Waals surface area contributed by atoms with Gasteiger partial charge in [-0.2, -0.15) is 0 Å². The van der Waals surface area contributed by atoms with Gasteiger partial charge in [0.1, 0.15) is 18.3 Å². The van der Waals surface area contributed by atoms with Gasteiger partial charge in [-0.3, -0.25) is 9.69 Å². The Morgan fingerprint density at radius 3 is 2.50 bits per heavy atom. The largest absolute Gasteiger partial charge is 0.467 e. The van der Waals surface area contributed by atoms with Crippen molar-refractivity contribution < 1.29 is 14.0 Å². The van der Waals surface area contributed by atoms with E-state index < -0.39 is 12.1 Å². The van der Waals surface area contributed by atoms with Crippen molar-refractivity contribution in [2.45, 2.75) is 25.9 Å². The molecular formula is C27H24Cl2N4O3. The first-order valence-corrected chi connectivity index (χ1v) is 12.3. The zero-order valence-corrected chi connectivity index (χ0v) is 21.2. The molecule has 1 atom stereocenters. The molecule has 3 heterocycles. The van der Waals surface area contributed by atoms with Crippen molar-refractivity contribution in [1.29, 1.82) is 0 Å². The summed E-state index contributed by atoms with van der Waals surface area (Å²) in [4.78, 5) is 30.4. The minimum absolute atomic E-state index is 0.152. The zero-order valence-electron chi connectivity index (χ0n) is 19.7. The molecule has 0 saturated carbocycles. The third kappa shape index (κ3) is 4.36. The smallest absolute Gasteiger partial charge is 0.322 e. The number of nitrogens with zero attached hydrogens (tertiary/aromatic N) is 3. The van der Waals surface area contributed by atoms with Crippen LogP contribution in [0.1, 0.15) is 31.3 Å². The SMILES string of the molecule is CC(C)N(CC(=O)N1c2ccccc2-n2cccc2C1c1ccco1)C(=O)Nc1ccc(Cl)cc1Cl. The van der Waals surface area contributed by atoms with Crippen LogP contribution in [-0.4, -0.2) is 34.0 Å². The maximum absolute atomic E-state index is 14.0. The molecule has 0 fully saturated rings. The van der Waals surface area contributed by atoms with Gasteiger partial charge in [0.05, 0.1) is 34.0 Å². The Bertz CT molecular complexity index is 1410. The van der Waals surface area contributed by atoms with Gasteiger partial charge in [0, 0.05) is 17.3 Å². The van der Waals surface area contributed by atoms with E-state index in [2.05, 4.69) is 9.88 Å². The molecule has 7 nitrogen and oxygen atoms in total. The number of amides is 3. The van der Waals surface area contributed by atoms with Gasteiger partial charge in [-0.05, 0) is 68.4 Å². The van der Waals surface area contributed by atoms with E-state index in [-0.39, 0.29) is 18.5 Å². The second-order valence-corrected chi connectivity index (χ2v) is 9.59. The molecule has 184 valence electrons. The van der Waals surface area contributed by atoms with Gasteiger partial charge < -0.3 is 19.2 Å². The molecule has 0 saturated heterocycles. The Morgan fingerprint density at radius 1 is 1.03 bits per heavy atom. The molecule has 36 heavy (non-hydrogen) atoms. The minimum Gasteiger partial charge on any atom is -0.467 e. The van der Waals surface area contributed by atoms with Crippen LogP contribution in [0.3, 0.4) is 0 Å². The predicted molar refractivity (Wildman–Crippen MR) is 141 cm³/mol. The van der Waals surface area contributed by atoms with Gasteiger partial charge in [-0.25, -0.2) is 4.79 Å². The molecule has 9 heteroatoms. The van der Waals surface area contributed by atoms with Crippen LogP contribution < -0.4 is 10.2 Å². The number of anilines is 2. The molecule has 4 aromatic rings. The molecule has 2 aromatic heterocycles. The number of aromatic nitrogens is 1. The van der Waals surface area contributed by atoms with Crippen LogP contribution in [0.15, 0.2) is 83.6 Å². The average Bonchev–Trinajstić information content (AvgIpc) is 3.55. The molecule has 5 rings (SSSR count). The Balaban J connectivity index is 1.49. The van der Waals surface area contributed by atoms with Crippen molar-refractivity contribution in [2.75, 3.05) is 16.8 Å². The maximum atomic E-state index is 14.0. The summed E-state index contributed by atoms with van der Waals surface area (Å²) in [7, 11) is 0. The number of carbonyl (C=O) groups is 2. The van der Waals surface area contributed by atoms with E-state index in [0.29, 0.717) is 21.5 Å². The van der Waals surface area contributed by atoms with E-state index in [9.17, 15) is 9.59 Å². The number of hydrogen-bond donors (Lipinski definition) is 1. The summed E-state index contributed by atoms with van der Waals surface area (Å²) in [5.41, 5.74) is 2.92. The first-order chi connectivity index (χ1) is 17.3. The lowest BCUT2D eigenvalue weighted by Crippen LogP contribution is -2.49. The van der Waals surface area contributed by atoms with Crippen LogP contribution in [0.4, 0.5) is 16.2 Å². The summed E-state index contributed by atoms with van der Waals surface area (Å²) in [5, 5.41) is 3.58. The molecule has 0 radical (unpaired) electrons. The Labute approximate surface area is 218 Å². The van der Waals surface area contributed by atoms with Gasteiger partial charge in [-0.15, -0.1) is 0 Å². The number of carbonyl (C=O) groups excluding carboxylic acids is 2. The fraction of sp³-hybridized carbons (Fsp3) is 0.185. The van der Waals surface area contributed by atoms with E-state index in [1.54, 1.807) is 35.4 Å². The average molecular weight is 523 g/mol. The first-order valence-electron chi connectivity index (χ1n) is 11.5. The number of furan rings is 1. The van der Waals surface area contributed by atoms with Crippen LogP contribution in [0.25, 0.3) is 5.69 Å². The van der Waals surface area contributed by atoms with E-state index in [4.69, 9.17) is 27.6 Å². The van der Waals surface area contributed by atoms with Crippen LogP contribution in [0.2, 0.25) is 10.0 Å². The van der Waals surface area contributed by atoms with Crippen LogP contribution in [-0.2, 0) is 4.79 Å². The van der Waals surface area contributed by atoms with Crippen molar-refractivity contribution in [2.24, 2.45) is 0 Å². The number of urea groups is 1. The maximum Gasteiger partial charge on any atom is 0.322 e. The highest BCUT2D eigenvalue weighted by Crippen LogP contribution is 2.42. The third-order valence-corrected chi connectivity index (χ3v) is 6.71. The number of fused-ring (bicyclic) bond motifs is 3. The second-order valence-electron chi connectivity index (χ2n) is 8.75. The van der Waals surface area contributed by atoms with Crippen LogP contribution in [0.5, 0.6) is 0 Å². The molecule has 0 spiro atoms. The topological polar surface area (TPSA) is 70.7 Å². The summed E-state index contributed by atoms with van der Waals surface area (Å²) >= 11 is 12.2. The molecule has 1 aliphatic heterocycles. The Kier molecular flexibility index (Phi) is 6.51. The van der Waals surface area contributed by atoms with Crippen molar-refractivity contribution in [3.05, 3.63) is 101 Å². The number of hydrogen-bond acceptors (Lipinski definition) is 3. The molecule has 0 aliphatic carbocycles. The molecule has 1 aliphatic rings.